The molecule has 1 aromatic carbocycles. The third kappa shape index (κ3) is 4.66. The van der Waals surface area contributed by atoms with E-state index in [1.807, 2.05) is 13.8 Å². The maximum Gasteiger partial charge on any atom is 0.234 e. The predicted molar refractivity (Wildman–Crippen MR) is 77.1 cm³/mol. The van der Waals surface area contributed by atoms with Crippen LogP contribution in [-0.2, 0) is 4.79 Å². The van der Waals surface area contributed by atoms with Crippen LogP contribution in [0.5, 0.6) is 0 Å². The third-order valence-electron chi connectivity index (χ3n) is 1.88. The van der Waals surface area contributed by atoms with E-state index >= 15 is 0 Å². The number of benzene rings is 1. The molecule has 1 aromatic rings. The zero-order valence-electron chi connectivity index (χ0n) is 9.59. The van der Waals surface area contributed by atoms with Gasteiger partial charge in [0, 0.05) is 5.69 Å². The molecule has 0 saturated heterocycles. The van der Waals surface area contributed by atoms with E-state index < -0.39 is 0 Å². The number of halogens is 2. The lowest BCUT2D eigenvalue weighted by atomic mass is 10.3. The Labute approximate surface area is 115 Å². The Morgan fingerprint density at radius 2 is 1.94 bits per heavy atom. The lowest BCUT2D eigenvalue weighted by Gasteiger charge is -2.10. The standard InChI is InChI=1S/C11H14Cl2N2OS/c1-6(2)17-5-10(16)15-11-8(12)3-7(14)4-9(11)13/h3-4,6H,5,14H2,1-2H3,(H,15,16). The Morgan fingerprint density at radius 3 is 2.41 bits per heavy atom. The van der Waals surface area contributed by atoms with E-state index in [2.05, 4.69) is 5.32 Å². The summed E-state index contributed by atoms with van der Waals surface area (Å²) in [6, 6.07) is 3.11. The fourth-order valence-corrected chi connectivity index (χ4v) is 2.29. The highest BCUT2D eigenvalue weighted by Crippen LogP contribution is 2.32. The van der Waals surface area contributed by atoms with Crippen LogP contribution in [0.2, 0.25) is 10.0 Å². The number of carbonyl (C=O) groups excluding carboxylic acids is 1. The zero-order chi connectivity index (χ0) is 13.0. The van der Waals surface area contributed by atoms with Gasteiger partial charge in [0.25, 0.3) is 0 Å². The molecule has 0 aliphatic carbocycles. The molecule has 1 rings (SSSR count). The van der Waals surface area contributed by atoms with Gasteiger partial charge in [-0.15, -0.1) is 11.8 Å². The number of hydrogen-bond acceptors (Lipinski definition) is 3. The number of rotatable bonds is 4. The van der Waals surface area contributed by atoms with Gasteiger partial charge in [-0.05, 0) is 17.4 Å². The second kappa shape index (κ2) is 6.38. The molecule has 0 aromatic heterocycles. The molecular formula is C11H14Cl2N2OS. The maximum absolute atomic E-state index is 11.6. The van der Waals surface area contributed by atoms with Crippen LogP contribution in [0.1, 0.15) is 13.8 Å². The van der Waals surface area contributed by atoms with Gasteiger partial charge in [-0.1, -0.05) is 37.0 Å². The molecule has 0 radical (unpaired) electrons. The molecule has 17 heavy (non-hydrogen) atoms. The molecule has 0 saturated carbocycles. The Morgan fingerprint density at radius 1 is 1.41 bits per heavy atom. The Kier molecular flexibility index (Phi) is 5.43. The average Bonchev–Trinajstić information content (AvgIpc) is 2.20. The molecule has 0 aliphatic rings. The van der Waals surface area contributed by atoms with Crippen molar-refractivity contribution in [2.45, 2.75) is 19.1 Å². The molecule has 0 spiro atoms. The second-order valence-corrected chi connectivity index (χ2v) is 6.15. The third-order valence-corrected chi connectivity index (χ3v) is 3.57. The molecular weight excluding hydrogens is 279 g/mol. The summed E-state index contributed by atoms with van der Waals surface area (Å²) in [5.74, 6) is 0.242. The molecule has 0 aliphatic heterocycles. The molecule has 0 heterocycles. The molecule has 3 nitrogen and oxygen atoms in total. The van der Waals surface area contributed by atoms with E-state index in [4.69, 9.17) is 28.9 Å². The van der Waals surface area contributed by atoms with Crippen LogP contribution < -0.4 is 11.1 Å². The number of carbonyl (C=O) groups is 1. The number of amides is 1. The zero-order valence-corrected chi connectivity index (χ0v) is 11.9. The highest BCUT2D eigenvalue weighted by atomic mass is 35.5. The summed E-state index contributed by atoms with van der Waals surface area (Å²) in [5, 5.41) is 3.77. The van der Waals surface area contributed by atoms with Crippen LogP contribution in [0.4, 0.5) is 11.4 Å². The van der Waals surface area contributed by atoms with Gasteiger partial charge in [0.15, 0.2) is 0 Å². The quantitative estimate of drug-likeness (QED) is 0.833. The number of hydrogen-bond donors (Lipinski definition) is 2. The summed E-state index contributed by atoms with van der Waals surface area (Å²) in [6.07, 6.45) is 0. The van der Waals surface area contributed by atoms with Crippen LogP contribution in [0.3, 0.4) is 0 Å². The molecule has 0 fully saturated rings. The van der Waals surface area contributed by atoms with Gasteiger partial charge in [-0.2, -0.15) is 0 Å². The lowest BCUT2D eigenvalue weighted by Crippen LogP contribution is -2.16. The van der Waals surface area contributed by atoms with Crippen molar-refractivity contribution in [2.75, 3.05) is 16.8 Å². The fourth-order valence-electron chi connectivity index (χ4n) is 1.13. The Hall–Kier alpha value is -0.580. The van der Waals surface area contributed by atoms with Crippen LogP contribution in [-0.4, -0.2) is 16.9 Å². The summed E-state index contributed by atoms with van der Waals surface area (Å²) in [5.41, 5.74) is 6.45. The number of thioether (sulfide) groups is 1. The SMILES string of the molecule is CC(C)SCC(=O)Nc1c(Cl)cc(N)cc1Cl. The van der Waals surface area contributed by atoms with Crippen molar-refractivity contribution < 1.29 is 4.79 Å². The van der Waals surface area contributed by atoms with Crippen molar-refractivity contribution in [3.05, 3.63) is 22.2 Å². The molecule has 6 heteroatoms. The van der Waals surface area contributed by atoms with E-state index in [-0.39, 0.29) is 5.91 Å². The van der Waals surface area contributed by atoms with Crippen LogP contribution in [0, 0.1) is 0 Å². The van der Waals surface area contributed by atoms with Crippen molar-refractivity contribution in [3.8, 4) is 0 Å². The van der Waals surface area contributed by atoms with E-state index in [9.17, 15) is 4.79 Å². The van der Waals surface area contributed by atoms with Gasteiger partial charge in [0.05, 0.1) is 21.5 Å². The van der Waals surface area contributed by atoms with Crippen molar-refractivity contribution in [3.63, 3.8) is 0 Å². The minimum absolute atomic E-state index is 0.128. The van der Waals surface area contributed by atoms with Crippen molar-refractivity contribution in [1.82, 2.24) is 0 Å². The Bertz CT molecular complexity index is 401. The van der Waals surface area contributed by atoms with Gasteiger partial charge in [0.2, 0.25) is 5.91 Å². The lowest BCUT2D eigenvalue weighted by molar-refractivity contribution is -0.113. The van der Waals surface area contributed by atoms with E-state index in [0.29, 0.717) is 32.4 Å². The van der Waals surface area contributed by atoms with Gasteiger partial charge >= 0.3 is 0 Å². The highest BCUT2D eigenvalue weighted by molar-refractivity contribution is 8.00. The van der Waals surface area contributed by atoms with Crippen LogP contribution >= 0.6 is 35.0 Å². The van der Waals surface area contributed by atoms with Gasteiger partial charge in [-0.25, -0.2) is 0 Å². The number of nitrogens with one attached hydrogen (secondary N) is 1. The first kappa shape index (κ1) is 14.5. The fraction of sp³-hybridized carbons (Fsp3) is 0.364. The van der Waals surface area contributed by atoms with Crippen molar-refractivity contribution in [2.24, 2.45) is 0 Å². The second-order valence-electron chi connectivity index (χ2n) is 3.77. The van der Waals surface area contributed by atoms with Gasteiger partial charge in [0.1, 0.15) is 0 Å². The van der Waals surface area contributed by atoms with Gasteiger partial charge in [-0.3, -0.25) is 4.79 Å². The molecule has 1 amide bonds. The monoisotopic (exact) mass is 292 g/mol. The summed E-state index contributed by atoms with van der Waals surface area (Å²) >= 11 is 13.5. The van der Waals surface area contributed by atoms with Crippen LogP contribution in [0.15, 0.2) is 12.1 Å². The first-order chi connectivity index (χ1) is 7.90. The Balaban J connectivity index is 2.72. The largest absolute Gasteiger partial charge is 0.399 e. The molecule has 0 unspecified atom stereocenters. The first-order valence-electron chi connectivity index (χ1n) is 5.06. The van der Waals surface area contributed by atoms with Crippen molar-refractivity contribution >= 4 is 52.2 Å². The molecule has 0 atom stereocenters. The molecule has 3 N–H and O–H groups in total. The van der Waals surface area contributed by atoms with Gasteiger partial charge < -0.3 is 11.1 Å². The number of nitrogens with two attached hydrogens (primary N) is 1. The normalized spacial score (nSPS) is 10.6. The minimum Gasteiger partial charge on any atom is -0.399 e. The number of anilines is 2. The topological polar surface area (TPSA) is 55.1 Å². The van der Waals surface area contributed by atoms with Crippen LogP contribution in [0.25, 0.3) is 0 Å². The summed E-state index contributed by atoms with van der Waals surface area (Å²) < 4.78 is 0. The van der Waals surface area contributed by atoms with Crippen molar-refractivity contribution in [1.29, 1.82) is 0 Å². The van der Waals surface area contributed by atoms with E-state index in [1.54, 1.807) is 23.9 Å². The smallest absolute Gasteiger partial charge is 0.234 e. The summed E-state index contributed by atoms with van der Waals surface area (Å²) in [7, 11) is 0. The van der Waals surface area contributed by atoms with E-state index in [0.717, 1.165) is 0 Å². The summed E-state index contributed by atoms with van der Waals surface area (Å²) in [4.78, 5) is 11.6. The first-order valence-corrected chi connectivity index (χ1v) is 6.86. The molecule has 0 bridgehead atoms. The average molecular weight is 293 g/mol. The molecule has 94 valence electrons. The maximum atomic E-state index is 11.6. The predicted octanol–water partition coefficient (Wildman–Crippen LogP) is 3.66. The minimum atomic E-state index is -0.128. The number of nitrogen functional groups attached to an aromatic ring is 1. The highest BCUT2D eigenvalue weighted by Gasteiger charge is 2.11. The van der Waals surface area contributed by atoms with E-state index in [1.165, 1.54) is 0 Å². The summed E-state index contributed by atoms with van der Waals surface area (Å²) in [6.45, 7) is 4.06.